The Kier molecular flexibility index (Phi) is 1.80. The molecule has 1 rings (SSSR count). The molecule has 0 spiro atoms. The van der Waals surface area contributed by atoms with E-state index in [1.807, 2.05) is 0 Å². The maximum Gasteiger partial charge on any atom is 0.178 e. The maximum absolute atomic E-state index is 8.57. The first-order valence-corrected chi connectivity index (χ1v) is 2.38. The molecule has 1 aliphatic rings. The van der Waals surface area contributed by atoms with E-state index in [1.54, 1.807) is 0 Å². The highest BCUT2D eigenvalue weighted by molar-refractivity contribution is 4.48. The molecule has 0 amide bonds. The Labute approximate surface area is 46.6 Å². The molecule has 8 heavy (non-hydrogen) atoms. The fraction of sp³-hybridized carbons (Fsp3) is 1.00. The number of rotatable bonds is 0. The monoisotopic (exact) mass is 120 g/mol. The molecule has 0 radical (unpaired) electrons. The van der Waals surface area contributed by atoms with E-state index in [9.17, 15) is 0 Å². The van der Waals surface area contributed by atoms with E-state index >= 15 is 0 Å². The van der Waals surface area contributed by atoms with Gasteiger partial charge in [0, 0.05) is 0 Å². The van der Waals surface area contributed by atoms with Gasteiger partial charge in [0.25, 0.3) is 0 Å². The zero-order chi connectivity index (χ0) is 5.98. The SMILES string of the molecule is O[C@@H]1CO[C@@H](O)CO1. The van der Waals surface area contributed by atoms with Crippen molar-refractivity contribution in [2.45, 2.75) is 12.6 Å². The van der Waals surface area contributed by atoms with E-state index in [1.165, 1.54) is 0 Å². The Morgan fingerprint density at radius 1 is 1.00 bits per heavy atom. The van der Waals surface area contributed by atoms with Crippen LogP contribution in [0.2, 0.25) is 0 Å². The van der Waals surface area contributed by atoms with Crippen LogP contribution in [0.3, 0.4) is 0 Å². The first kappa shape index (κ1) is 5.97. The smallest absolute Gasteiger partial charge is 0.178 e. The minimum atomic E-state index is -0.863. The number of hydrogen-bond donors (Lipinski definition) is 2. The Bertz CT molecular complexity index is 56.4. The number of ether oxygens (including phenoxy) is 2. The van der Waals surface area contributed by atoms with Gasteiger partial charge in [-0.15, -0.1) is 0 Å². The highest BCUT2D eigenvalue weighted by Gasteiger charge is 2.16. The standard InChI is InChI=1S/C4H8O4/c5-3-1-7-4(6)2-8-3/h3-6H,1-2H2/t3-,4+. The van der Waals surface area contributed by atoms with Gasteiger partial charge in [-0.3, -0.25) is 0 Å². The molecule has 4 nitrogen and oxygen atoms in total. The molecular weight excluding hydrogens is 112 g/mol. The molecule has 0 aliphatic carbocycles. The molecule has 0 unspecified atom stereocenters. The summed E-state index contributed by atoms with van der Waals surface area (Å²) in [5.74, 6) is 0. The number of hydrogen-bond acceptors (Lipinski definition) is 4. The van der Waals surface area contributed by atoms with Gasteiger partial charge in [-0.05, 0) is 0 Å². The van der Waals surface area contributed by atoms with Gasteiger partial charge in [0.2, 0.25) is 0 Å². The predicted octanol–water partition coefficient (Wildman–Crippen LogP) is -1.33. The van der Waals surface area contributed by atoms with Crippen molar-refractivity contribution < 1.29 is 19.7 Å². The molecule has 48 valence electrons. The lowest BCUT2D eigenvalue weighted by molar-refractivity contribution is -0.263. The zero-order valence-electron chi connectivity index (χ0n) is 4.28. The minimum absolute atomic E-state index is 0.0567. The van der Waals surface area contributed by atoms with Crippen molar-refractivity contribution in [1.82, 2.24) is 0 Å². The van der Waals surface area contributed by atoms with Crippen LogP contribution < -0.4 is 0 Å². The van der Waals surface area contributed by atoms with Crippen LogP contribution in [0.1, 0.15) is 0 Å². The summed E-state index contributed by atoms with van der Waals surface area (Å²) in [6.07, 6.45) is -1.73. The summed E-state index contributed by atoms with van der Waals surface area (Å²) < 4.78 is 9.14. The molecule has 2 N–H and O–H groups in total. The third kappa shape index (κ3) is 1.41. The average molecular weight is 120 g/mol. The Morgan fingerprint density at radius 2 is 1.38 bits per heavy atom. The summed E-state index contributed by atoms with van der Waals surface area (Å²) in [5.41, 5.74) is 0. The molecular formula is C4H8O4. The Hall–Kier alpha value is -0.160. The van der Waals surface area contributed by atoms with Gasteiger partial charge in [-0.25, -0.2) is 0 Å². The van der Waals surface area contributed by atoms with Crippen molar-refractivity contribution in [3.8, 4) is 0 Å². The highest BCUT2D eigenvalue weighted by Crippen LogP contribution is 2.00. The molecule has 4 heteroatoms. The molecule has 0 aromatic carbocycles. The summed E-state index contributed by atoms with van der Waals surface area (Å²) in [7, 11) is 0. The van der Waals surface area contributed by atoms with Crippen molar-refractivity contribution in [3.63, 3.8) is 0 Å². The van der Waals surface area contributed by atoms with Gasteiger partial charge >= 0.3 is 0 Å². The summed E-state index contributed by atoms with van der Waals surface area (Å²) in [6.45, 7) is 0.113. The van der Waals surface area contributed by atoms with Crippen molar-refractivity contribution in [1.29, 1.82) is 0 Å². The zero-order valence-corrected chi connectivity index (χ0v) is 4.28. The van der Waals surface area contributed by atoms with Crippen LogP contribution in [0.15, 0.2) is 0 Å². The molecule has 1 heterocycles. The fourth-order valence-corrected chi connectivity index (χ4v) is 0.483. The number of aliphatic hydroxyl groups is 2. The largest absolute Gasteiger partial charge is 0.366 e. The maximum atomic E-state index is 8.57. The van der Waals surface area contributed by atoms with Gasteiger partial charge in [-0.2, -0.15) is 0 Å². The van der Waals surface area contributed by atoms with E-state index in [0.29, 0.717) is 0 Å². The fourth-order valence-electron chi connectivity index (χ4n) is 0.483. The Morgan fingerprint density at radius 3 is 1.62 bits per heavy atom. The van der Waals surface area contributed by atoms with Crippen molar-refractivity contribution in [2.75, 3.05) is 13.2 Å². The quantitative estimate of drug-likeness (QED) is 0.416. The molecule has 1 saturated heterocycles. The van der Waals surface area contributed by atoms with Gasteiger partial charge in [-0.1, -0.05) is 0 Å². The third-order valence-electron chi connectivity index (χ3n) is 0.862. The van der Waals surface area contributed by atoms with Gasteiger partial charge in [0.05, 0.1) is 0 Å². The van der Waals surface area contributed by atoms with Gasteiger partial charge in [0.15, 0.2) is 12.6 Å². The highest BCUT2D eigenvalue weighted by atomic mass is 16.7. The second-order valence-corrected chi connectivity index (χ2v) is 1.58. The van der Waals surface area contributed by atoms with E-state index in [0.717, 1.165) is 0 Å². The first-order valence-electron chi connectivity index (χ1n) is 2.38. The average Bonchev–Trinajstić information content (AvgIpc) is 1.77. The second kappa shape index (κ2) is 2.41. The number of aliphatic hydroxyl groups excluding tert-OH is 2. The van der Waals surface area contributed by atoms with Crippen LogP contribution in [0.25, 0.3) is 0 Å². The lowest BCUT2D eigenvalue weighted by atomic mass is 10.5. The summed E-state index contributed by atoms with van der Waals surface area (Å²) in [6, 6.07) is 0. The molecule has 1 aliphatic heterocycles. The van der Waals surface area contributed by atoms with E-state index in [2.05, 4.69) is 9.47 Å². The van der Waals surface area contributed by atoms with Crippen LogP contribution in [0, 0.1) is 0 Å². The molecule has 0 saturated carbocycles. The summed E-state index contributed by atoms with van der Waals surface area (Å²) in [5, 5.41) is 17.1. The normalized spacial score (nSPS) is 39.8. The van der Waals surface area contributed by atoms with Crippen molar-refractivity contribution >= 4 is 0 Å². The first-order chi connectivity index (χ1) is 3.79. The van der Waals surface area contributed by atoms with Crippen LogP contribution in [-0.4, -0.2) is 36.0 Å². The van der Waals surface area contributed by atoms with Crippen LogP contribution in [-0.2, 0) is 9.47 Å². The minimum Gasteiger partial charge on any atom is -0.366 e. The molecule has 0 aromatic rings. The predicted molar refractivity (Wildman–Crippen MR) is 23.9 cm³/mol. The molecule has 0 aromatic heterocycles. The van der Waals surface area contributed by atoms with Gasteiger partial charge in [0.1, 0.15) is 13.2 Å². The molecule has 2 atom stereocenters. The third-order valence-corrected chi connectivity index (χ3v) is 0.862. The van der Waals surface area contributed by atoms with Crippen LogP contribution in [0.5, 0.6) is 0 Å². The summed E-state index contributed by atoms with van der Waals surface area (Å²) >= 11 is 0. The van der Waals surface area contributed by atoms with E-state index in [4.69, 9.17) is 10.2 Å². The molecule has 0 bridgehead atoms. The van der Waals surface area contributed by atoms with Crippen LogP contribution in [0.4, 0.5) is 0 Å². The van der Waals surface area contributed by atoms with E-state index in [-0.39, 0.29) is 13.2 Å². The molecule has 1 fully saturated rings. The van der Waals surface area contributed by atoms with Crippen molar-refractivity contribution in [3.05, 3.63) is 0 Å². The Balaban J connectivity index is 2.19. The second-order valence-electron chi connectivity index (χ2n) is 1.58. The summed E-state index contributed by atoms with van der Waals surface area (Å²) in [4.78, 5) is 0. The van der Waals surface area contributed by atoms with Crippen molar-refractivity contribution in [2.24, 2.45) is 0 Å². The topological polar surface area (TPSA) is 58.9 Å². The van der Waals surface area contributed by atoms with Gasteiger partial charge < -0.3 is 19.7 Å². The van der Waals surface area contributed by atoms with Crippen LogP contribution >= 0.6 is 0 Å². The van der Waals surface area contributed by atoms with E-state index < -0.39 is 12.6 Å². The lowest BCUT2D eigenvalue weighted by Gasteiger charge is -2.22. The lowest BCUT2D eigenvalue weighted by Crippen LogP contribution is -2.34.